The van der Waals surface area contributed by atoms with Gasteiger partial charge in [-0.1, -0.05) is 36.4 Å². The molecule has 2 aliphatic rings. The first-order valence-corrected chi connectivity index (χ1v) is 8.11. The second-order valence-corrected chi connectivity index (χ2v) is 6.17. The second-order valence-electron chi connectivity index (χ2n) is 6.17. The van der Waals surface area contributed by atoms with E-state index >= 15 is 0 Å². The quantitative estimate of drug-likeness (QED) is 0.906. The zero-order valence-electron chi connectivity index (χ0n) is 13.4. The molecule has 2 aromatic rings. The Morgan fingerprint density at radius 1 is 1.04 bits per heavy atom. The van der Waals surface area contributed by atoms with Crippen LogP contribution in [0.15, 0.2) is 48.5 Å². The van der Waals surface area contributed by atoms with Crippen LogP contribution in [0.1, 0.15) is 17.0 Å². The van der Waals surface area contributed by atoms with Crippen molar-refractivity contribution in [2.45, 2.75) is 18.6 Å². The van der Waals surface area contributed by atoms with Gasteiger partial charge in [0.05, 0.1) is 5.92 Å². The van der Waals surface area contributed by atoms with Crippen molar-refractivity contribution in [3.63, 3.8) is 0 Å². The number of para-hydroxylation sites is 2. The van der Waals surface area contributed by atoms with E-state index in [9.17, 15) is 14.7 Å². The van der Waals surface area contributed by atoms with Crippen LogP contribution >= 0.6 is 0 Å². The normalized spacial score (nSPS) is 21.4. The summed E-state index contributed by atoms with van der Waals surface area (Å²) in [6, 6.07) is 14.5. The third kappa shape index (κ3) is 2.80. The number of ether oxygens (including phenoxy) is 2. The fourth-order valence-corrected chi connectivity index (χ4v) is 3.33. The molecule has 2 atom stereocenters. The highest BCUT2D eigenvalue weighted by Gasteiger charge is 2.37. The molecule has 0 spiro atoms. The lowest BCUT2D eigenvalue weighted by molar-refractivity contribution is -0.145. The van der Waals surface area contributed by atoms with Crippen LogP contribution in [0.4, 0.5) is 0 Å². The van der Waals surface area contributed by atoms with Gasteiger partial charge in [0.2, 0.25) is 6.10 Å². The van der Waals surface area contributed by atoms with Gasteiger partial charge in [-0.25, -0.2) is 0 Å². The van der Waals surface area contributed by atoms with Gasteiger partial charge in [-0.05, 0) is 23.3 Å². The van der Waals surface area contributed by atoms with Gasteiger partial charge in [0.1, 0.15) is 6.61 Å². The molecule has 0 saturated heterocycles. The summed E-state index contributed by atoms with van der Waals surface area (Å²) in [5, 5.41) is 9.53. The molecule has 2 unspecified atom stereocenters. The minimum Gasteiger partial charge on any atom is -0.485 e. The van der Waals surface area contributed by atoms with E-state index in [2.05, 4.69) is 0 Å². The van der Waals surface area contributed by atoms with E-state index in [0.29, 0.717) is 18.0 Å². The monoisotopic (exact) mass is 339 g/mol. The number of carbonyl (C=O) groups is 2. The van der Waals surface area contributed by atoms with Gasteiger partial charge >= 0.3 is 5.97 Å². The van der Waals surface area contributed by atoms with E-state index in [0.717, 1.165) is 11.1 Å². The fraction of sp³-hybridized carbons (Fsp3) is 0.263. The highest BCUT2D eigenvalue weighted by molar-refractivity contribution is 5.84. The molecule has 0 fully saturated rings. The van der Waals surface area contributed by atoms with E-state index in [1.807, 2.05) is 36.4 Å². The molecule has 0 bridgehead atoms. The van der Waals surface area contributed by atoms with Crippen molar-refractivity contribution < 1.29 is 24.2 Å². The summed E-state index contributed by atoms with van der Waals surface area (Å²) in [7, 11) is 0. The number of carboxylic acid groups (broad SMARTS) is 1. The van der Waals surface area contributed by atoms with Crippen LogP contribution in [0.25, 0.3) is 0 Å². The number of carbonyl (C=O) groups excluding carboxylic acids is 1. The van der Waals surface area contributed by atoms with Gasteiger partial charge in [0.25, 0.3) is 5.91 Å². The number of amides is 1. The average molecular weight is 339 g/mol. The molecule has 0 aliphatic carbocycles. The molecule has 128 valence electrons. The molecule has 25 heavy (non-hydrogen) atoms. The van der Waals surface area contributed by atoms with Gasteiger partial charge in [-0.15, -0.1) is 0 Å². The lowest BCUT2D eigenvalue weighted by Crippen LogP contribution is -2.49. The summed E-state index contributed by atoms with van der Waals surface area (Å²) < 4.78 is 11.4. The zero-order valence-corrected chi connectivity index (χ0v) is 13.4. The minimum atomic E-state index is -0.934. The topological polar surface area (TPSA) is 76.1 Å². The molecule has 4 rings (SSSR count). The highest BCUT2D eigenvalue weighted by atomic mass is 16.6. The standard InChI is InChI=1S/C19H17NO5/c21-18(17-11-24-15-7-3-4-8-16(15)25-17)20-9-12-5-1-2-6-13(12)14(10-20)19(22)23/h1-8,14,17H,9-11H2,(H,22,23). The average Bonchev–Trinajstić information content (AvgIpc) is 2.66. The molecule has 1 amide bonds. The first kappa shape index (κ1) is 15.5. The lowest BCUT2D eigenvalue weighted by atomic mass is 9.89. The summed E-state index contributed by atoms with van der Waals surface area (Å²) in [6.45, 7) is 0.624. The van der Waals surface area contributed by atoms with Gasteiger partial charge < -0.3 is 19.5 Å². The Labute approximate surface area is 144 Å². The minimum absolute atomic E-state index is 0.117. The number of hydrogen-bond acceptors (Lipinski definition) is 4. The summed E-state index contributed by atoms with van der Waals surface area (Å²) in [5.74, 6) is -0.782. The number of carboxylic acids is 1. The van der Waals surface area contributed by atoms with Gasteiger partial charge in [0, 0.05) is 13.1 Å². The predicted molar refractivity (Wildman–Crippen MR) is 88.6 cm³/mol. The van der Waals surface area contributed by atoms with Crippen molar-refractivity contribution in [2.75, 3.05) is 13.2 Å². The maximum Gasteiger partial charge on any atom is 0.312 e. The summed E-state index contributed by atoms with van der Waals surface area (Å²) in [4.78, 5) is 26.0. The molecule has 0 aromatic heterocycles. The van der Waals surface area contributed by atoms with Crippen molar-refractivity contribution in [2.24, 2.45) is 0 Å². The third-order valence-corrected chi connectivity index (χ3v) is 4.59. The number of benzene rings is 2. The van der Waals surface area contributed by atoms with Crippen molar-refractivity contribution in [1.82, 2.24) is 4.90 Å². The number of rotatable bonds is 2. The first-order valence-electron chi connectivity index (χ1n) is 8.11. The fourth-order valence-electron chi connectivity index (χ4n) is 3.33. The van der Waals surface area contributed by atoms with Crippen molar-refractivity contribution in [1.29, 1.82) is 0 Å². The molecule has 0 saturated carbocycles. The first-order chi connectivity index (χ1) is 12.1. The van der Waals surface area contributed by atoms with Gasteiger partial charge in [-0.3, -0.25) is 9.59 Å². The van der Waals surface area contributed by atoms with Crippen molar-refractivity contribution in [3.8, 4) is 11.5 Å². The Balaban J connectivity index is 1.56. The smallest absolute Gasteiger partial charge is 0.312 e. The molecular formula is C19H17NO5. The SMILES string of the molecule is O=C(O)C1CN(C(=O)C2COc3ccccc3O2)Cc2ccccc21. The predicted octanol–water partition coefficient (Wildman–Crippen LogP) is 2.04. The van der Waals surface area contributed by atoms with Crippen LogP contribution in [-0.4, -0.2) is 41.1 Å². The van der Waals surface area contributed by atoms with E-state index < -0.39 is 18.0 Å². The maximum absolute atomic E-state index is 12.9. The summed E-state index contributed by atoms with van der Waals surface area (Å²) >= 11 is 0. The molecule has 2 heterocycles. The molecule has 2 aromatic carbocycles. The summed E-state index contributed by atoms with van der Waals surface area (Å²) in [6.07, 6.45) is -0.769. The van der Waals surface area contributed by atoms with Crippen molar-refractivity contribution >= 4 is 11.9 Å². The van der Waals surface area contributed by atoms with Crippen LogP contribution in [-0.2, 0) is 16.1 Å². The van der Waals surface area contributed by atoms with Crippen molar-refractivity contribution in [3.05, 3.63) is 59.7 Å². The van der Waals surface area contributed by atoms with Crippen LogP contribution in [0, 0.1) is 0 Å². The Kier molecular flexibility index (Phi) is 3.80. The van der Waals surface area contributed by atoms with Crippen LogP contribution in [0.3, 0.4) is 0 Å². The Morgan fingerprint density at radius 2 is 1.76 bits per heavy atom. The van der Waals surface area contributed by atoms with Crippen LogP contribution in [0.2, 0.25) is 0 Å². The second kappa shape index (κ2) is 6.12. The molecule has 2 aliphatic heterocycles. The highest BCUT2D eigenvalue weighted by Crippen LogP contribution is 2.33. The van der Waals surface area contributed by atoms with E-state index in [4.69, 9.17) is 9.47 Å². The molecule has 6 nitrogen and oxygen atoms in total. The Hall–Kier alpha value is -3.02. The Bertz CT molecular complexity index is 834. The van der Waals surface area contributed by atoms with Gasteiger partial charge in [-0.2, -0.15) is 0 Å². The zero-order chi connectivity index (χ0) is 17.4. The van der Waals surface area contributed by atoms with Gasteiger partial charge in [0.15, 0.2) is 11.5 Å². The van der Waals surface area contributed by atoms with E-state index in [1.165, 1.54) is 0 Å². The largest absolute Gasteiger partial charge is 0.485 e. The maximum atomic E-state index is 12.9. The van der Waals surface area contributed by atoms with Crippen LogP contribution < -0.4 is 9.47 Å². The number of nitrogens with zero attached hydrogens (tertiary/aromatic N) is 1. The molecular weight excluding hydrogens is 322 g/mol. The van der Waals surface area contributed by atoms with E-state index in [1.54, 1.807) is 17.0 Å². The number of aliphatic carboxylic acids is 1. The number of fused-ring (bicyclic) bond motifs is 2. The Morgan fingerprint density at radius 3 is 2.56 bits per heavy atom. The lowest BCUT2D eigenvalue weighted by Gasteiger charge is -2.36. The molecule has 1 N–H and O–H groups in total. The summed E-state index contributed by atoms with van der Waals surface area (Å²) in [5.41, 5.74) is 1.62. The van der Waals surface area contributed by atoms with E-state index in [-0.39, 0.29) is 19.1 Å². The molecule has 6 heteroatoms. The molecule has 0 radical (unpaired) electrons. The number of hydrogen-bond donors (Lipinski definition) is 1. The third-order valence-electron chi connectivity index (χ3n) is 4.59. The van der Waals surface area contributed by atoms with Crippen LogP contribution in [0.5, 0.6) is 11.5 Å².